The van der Waals surface area contributed by atoms with Crippen LogP contribution in [0.15, 0.2) is 18.2 Å². The molecule has 1 fully saturated rings. The largest absolute Gasteiger partial charge is 0.481 e. The van der Waals surface area contributed by atoms with E-state index in [1.807, 2.05) is 20.8 Å². The minimum absolute atomic E-state index is 0.0220. The van der Waals surface area contributed by atoms with E-state index in [9.17, 15) is 28.7 Å². The van der Waals surface area contributed by atoms with Crippen LogP contribution in [0.4, 0.5) is 14.0 Å². The second-order valence-corrected chi connectivity index (χ2v) is 11.6. The fourth-order valence-electron chi connectivity index (χ4n) is 4.49. The molecule has 0 bridgehead atoms. The van der Waals surface area contributed by atoms with Crippen molar-refractivity contribution in [1.82, 2.24) is 25.8 Å². The van der Waals surface area contributed by atoms with Crippen LogP contribution in [-0.4, -0.2) is 69.6 Å². The molecule has 0 aromatic heterocycles. The van der Waals surface area contributed by atoms with Crippen molar-refractivity contribution in [3.8, 4) is 0 Å². The predicted octanol–water partition coefficient (Wildman–Crippen LogP) is 2.27. The number of amides is 5. The number of hydrogen-bond acceptors (Lipinski definition) is 4. The van der Waals surface area contributed by atoms with Crippen molar-refractivity contribution >= 4 is 23.9 Å². The van der Waals surface area contributed by atoms with Gasteiger partial charge in [0.05, 0.1) is 18.5 Å². The molecule has 3 rings (SSSR count). The van der Waals surface area contributed by atoms with Crippen LogP contribution in [0.1, 0.15) is 52.7 Å². The summed E-state index contributed by atoms with van der Waals surface area (Å²) >= 11 is 0. The molecular formula is C25H36FN5O5. The highest BCUT2D eigenvalue weighted by molar-refractivity contribution is 5.89. The molecule has 11 heteroatoms. The van der Waals surface area contributed by atoms with E-state index >= 15 is 0 Å². The Morgan fingerprint density at radius 2 is 1.69 bits per heavy atom. The lowest BCUT2D eigenvalue weighted by molar-refractivity contribution is -0.142. The summed E-state index contributed by atoms with van der Waals surface area (Å²) in [6, 6.07) is 1.88. The van der Waals surface area contributed by atoms with Gasteiger partial charge in [-0.05, 0) is 37.8 Å². The highest BCUT2D eigenvalue weighted by Gasteiger charge is 2.45. The Labute approximate surface area is 210 Å². The lowest BCUT2D eigenvalue weighted by Crippen LogP contribution is -2.58. The van der Waals surface area contributed by atoms with Gasteiger partial charge in [-0.1, -0.05) is 32.9 Å². The number of nitrogens with zero attached hydrogens (tertiary/aromatic N) is 2. The minimum atomic E-state index is -1.14. The van der Waals surface area contributed by atoms with E-state index in [2.05, 4.69) is 16.0 Å². The molecule has 5 amide bonds. The topological polar surface area (TPSA) is 131 Å². The molecule has 2 aliphatic rings. The molecule has 4 N–H and O–H groups in total. The fraction of sp³-hybridized carbons (Fsp3) is 0.600. The van der Waals surface area contributed by atoms with Gasteiger partial charge in [-0.2, -0.15) is 0 Å². The number of fused-ring (bicyclic) bond motifs is 1. The first-order valence-electron chi connectivity index (χ1n) is 12.0. The highest BCUT2D eigenvalue weighted by atomic mass is 19.1. The maximum Gasteiger partial charge on any atom is 0.318 e. The smallest absolute Gasteiger partial charge is 0.318 e. The molecular weight excluding hydrogens is 469 g/mol. The van der Waals surface area contributed by atoms with Crippen molar-refractivity contribution in [2.45, 2.75) is 72.3 Å². The van der Waals surface area contributed by atoms with Crippen molar-refractivity contribution in [1.29, 1.82) is 0 Å². The zero-order valence-corrected chi connectivity index (χ0v) is 21.6. The summed E-state index contributed by atoms with van der Waals surface area (Å²) in [6.45, 7) is 11.0. The number of halogens is 1. The molecule has 2 aliphatic heterocycles. The monoisotopic (exact) mass is 505 g/mol. The van der Waals surface area contributed by atoms with Gasteiger partial charge in [-0.3, -0.25) is 9.59 Å². The number of aliphatic carboxylic acids is 1. The highest BCUT2D eigenvalue weighted by Crippen LogP contribution is 2.27. The molecule has 2 heterocycles. The van der Waals surface area contributed by atoms with E-state index in [0.29, 0.717) is 11.1 Å². The van der Waals surface area contributed by atoms with Crippen LogP contribution in [0, 0.1) is 17.2 Å². The molecule has 0 unspecified atom stereocenters. The summed E-state index contributed by atoms with van der Waals surface area (Å²) in [5.74, 6) is -2.98. The van der Waals surface area contributed by atoms with E-state index in [0.717, 1.165) is 0 Å². The third-order valence-corrected chi connectivity index (χ3v) is 6.35. The van der Waals surface area contributed by atoms with Crippen molar-refractivity contribution in [2.24, 2.45) is 11.3 Å². The predicted molar refractivity (Wildman–Crippen MR) is 130 cm³/mol. The van der Waals surface area contributed by atoms with Gasteiger partial charge in [-0.25, -0.2) is 14.0 Å². The number of carboxylic acids is 1. The summed E-state index contributed by atoms with van der Waals surface area (Å²) in [5, 5.41) is 18.0. The molecule has 0 saturated carbocycles. The first-order chi connectivity index (χ1) is 16.6. The van der Waals surface area contributed by atoms with Gasteiger partial charge in [-0.15, -0.1) is 0 Å². The normalized spacial score (nSPS) is 20.5. The molecule has 0 aliphatic carbocycles. The van der Waals surface area contributed by atoms with Crippen LogP contribution in [0.2, 0.25) is 0 Å². The number of benzene rings is 1. The van der Waals surface area contributed by atoms with Gasteiger partial charge in [0.15, 0.2) is 0 Å². The van der Waals surface area contributed by atoms with E-state index in [-0.39, 0.29) is 32.0 Å². The number of urea groups is 2. The van der Waals surface area contributed by atoms with Crippen LogP contribution in [0.25, 0.3) is 0 Å². The van der Waals surface area contributed by atoms with Crippen molar-refractivity contribution in [3.05, 3.63) is 35.1 Å². The van der Waals surface area contributed by atoms with E-state index in [1.165, 1.54) is 15.9 Å². The number of nitrogens with one attached hydrogen (secondary N) is 3. The number of rotatable bonds is 4. The quantitative estimate of drug-likeness (QED) is 0.499. The van der Waals surface area contributed by atoms with E-state index in [1.54, 1.807) is 32.9 Å². The van der Waals surface area contributed by atoms with Gasteiger partial charge < -0.3 is 30.9 Å². The van der Waals surface area contributed by atoms with Crippen LogP contribution in [-0.2, 0) is 22.7 Å². The molecule has 3 atom stereocenters. The molecule has 1 aromatic carbocycles. The average molecular weight is 506 g/mol. The second kappa shape index (κ2) is 9.94. The summed E-state index contributed by atoms with van der Waals surface area (Å²) < 4.78 is 14.1. The Balaban J connectivity index is 1.71. The van der Waals surface area contributed by atoms with Gasteiger partial charge in [0.2, 0.25) is 5.91 Å². The Hall–Kier alpha value is -3.37. The Morgan fingerprint density at radius 3 is 2.25 bits per heavy atom. The zero-order chi connectivity index (χ0) is 27.0. The number of hydrogen-bond donors (Lipinski definition) is 4. The fourth-order valence-corrected chi connectivity index (χ4v) is 4.49. The molecule has 1 saturated heterocycles. The third kappa shape index (κ3) is 6.24. The molecule has 198 valence electrons. The second-order valence-electron chi connectivity index (χ2n) is 11.6. The third-order valence-electron chi connectivity index (χ3n) is 6.35. The molecule has 0 spiro atoms. The number of carboxylic acid groups (broad SMARTS) is 1. The minimum Gasteiger partial charge on any atom is -0.481 e. The molecule has 0 radical (unpaired) electrons. The zero-order valence-electron chi connectivity index (χ0n) is 21.6. The van der Waals surface area contributed by atoms with Gasteiger partial charge >= 0.3 is 18.0 Å². The standard InChI is InChI=1S/C25H36FN5O5/c1-24(2,3)19(28-22(35)29-25(4,5)6)20(32)30-12-16(21(33)34)18(13-30)27-23(36)31-10-14-8-7-9-17(26)15(14)11-31/h7-9,16,18-19H,10-13H2,1-6H3,(H,27,36)(H,33,34)(H2,28,29,35)/t16-,18-,19+/m0/s1. The van der Waals surface area contributed by atoms with Crippen molar-refractivity contribution in [3.63, 3.8) is 0 Å². The summed E-state index contributed by atoms with van der Waals surface area (Å²) in [4.78, 5) is 53.7. The average Bonchev–Trinajstić information content (AvgIpc) is 3.35. The Morgan fingerprint density at radius 1 is 1.03 bits per heavy atom. The van der Waals surface area contributed by atoms with Crippen LogP contribution < -0.4 is 16.0 Å². The van der Waals surface area contributed by atoms with Crippen molar-refractivity contribution < 1.29 is 28.7 Å². The molecule has 1 aromatic rings. The van der Waals surface area contributed by atoms with Gasteiger partial charge in [0, 0.05) is 30.7 Å². The van der Waals surface area contributed by atoms with E-state index < -0.39 is 52.9 Å². The SMILES string of the molecule is CC(C)(C)NC(=O)N[C@H](C(=O)N1C[C@H](NC(=O)N2Cc3cccc(F)c3C2)[C@@H](C(=O)O)C1)C(C)(C)C. The lowest BCUT2D eigenvalue weighted by Gasteiger charge is -2.34. The van der Waals surface area contributed by atoms with E-state index in [4.69, 9.17) is 0 Å². The Bertz CT molecular complexity index is 1050. The summed E-state index contributed by atoms with van der Waals surface area (Å²) in [7, 11) is 0. The Kier molecular flexibility index (Phi) is 7.52. The van der Waals surface area contributed by atoms with Crippen molar-refractivity contribution in [2.75, 3.05) is 13.1 Å². The first kappa shape index (κ1) is 27.2. The molecule has 36 heavy (non-hydrogen) atoms. The summed E-state index contributed by atoms with van der Waals surface area (Å²) in [6.07, 6.45) is 0. The van der Waals surface area contributed by atoms with Crippen LogP contribution in [0.3, 0.4) is 0 Å². The van der Waals surface area contributed by atoms with Gasteiger partial charge in [0.25, 0.3) is 0 Å². The maximum absolute atomic E-state index is 14.1. The molecule has 10 nitrogen and oxygen atoms in total. The lowest BCUT2D eigenvalue weighted by atomic mass is 9.86. The van der Waals surface area contributed by atoms with Crippen LogP contribution >= 0.6 is 0 Å². The first-order valence-corrected chi connectivity index (χ1v) is 12.0. The summed E-state index contributed by atoms with van der Waals surface area (Å²) in [5.41, 5.74) is -0.0165. The van der Waals surface area contributed by atoms with Gasteiger partial charge in [0.1, 0.15) is 11.9 Å². The number of carbonyl (C=O) groups is 4. The maximum atomic E-state index is 14.1. The number of carbonyl (C=O) groups excluding carboxylic acids is 3. The number of likely N-dealkylation sites (tertiary alicyclic amines) is 1. The van der Waals surface area contributed by atoms with Crippen LogP contribution in [0.5, 0.6) is 0 Å².